The molecule has 0 rings (SSSR count). The largest absolute Gasteiger partial charge is 0.472 e. The van der Waals surface area contributed by atoms with Crippen molar-refractivity contribution in [1.82, 2.24) is 5.32 Å². The Hall–Kier alpha value is -4.11. The molecule has 79 heavy (non-hydrogen) atoms. The van der Waals surface area contributed by atoms with Crippen LogP contribution in [0.15, 0.2) is 146 Å². The summed E-state index contributed by atoms with van der Waals surface area (Å²) in [6.45, 7) is 6.70. The molecule has 0 aromatic heterocycles. The second kappa shape index (κ2) is 57.1. The van der Waals surface area contributed by atoms with Crippen molar-refractivity contribution in [3.63, 3.8) is 0 Å². The van der Waals surface area contributed by atoms with E-state index in [1.807, 2.05) is 33.3 Å². The van der Waals surface area contributed by atoms with E-state index in [0.29, 0.717) is 23.9 Å². The van der Waals surface area contributed by atoms with Gasteiger partial charge in [-0.3, -0.25) is 18.6 Å². The number of carbonyl (C=O) groups excluding carboxylic acids is 2. The number of allylic oxidation sites excluding steroid dienone is 23. The highest BCUT2D eigenvalue weighted by Crippen LogP contribution is 2.43. The van der Waals surface area contributed by atoms with Gasteiger partial charge in [0.25, 0.3) is 0 Å². The second-order valence-electron chi connectivity index (χ2n) is 21.5. The molecular weight excluding hydrogens is 1000 g/mol. The molecule has 0 heterocycles. The SMILES string of the molecule is CC/C=C\C/C=C\C/C=C\C/C=C\C/C=C\C/C=C\CCCCCCCCC(=O)OC(/C=C\CCCCCCCCCCC)C(COP(=O)(O)OCC[N+](C)(C)C)NC(=O)CCC/C=C\C/C=C\C/C=C\C/C=C\C/C=C\CC. The molecule has 10 heteroatoms. The molecule has 0 aliphatic carbocycles. The summed E-state index contributed by atoms with van der Waals surface area (Å²) in [5.41, 5.74) is 0. The molecule has 0 aromatic rings. The van der Waals surface area contributed by atoms with Gasteiger partial charge in [-0.05, 0) is 122 Å². The highest BCUT2D eigenvalue weighted by atomic mass is 31.2. The summed E-state index contributed by atoms with van der Waals surface area (Å²) in [5.74, 6) is -0.603. The number of rotatable bonds is 54. The number of hydrogen-bond donors (Lipinski definition) is 2. The van der Waals surface area contributed by atoms with Gasteiger partial charge in [0.2, 0.25) is 5.91 Å². The number of phosphoric ester groups is 1. The first-order chi connectivity index (χ1) is 38.4. The van der Waals surface area contributed by atoms with Crippen LogP contribution in [0.5, 0.6) is 0 Å². The van der Waals surface area contributed by atoms with E-state index in [9.17, 15) is 19.0 Å². The number of carbonyl (C=O) groups is 2. The predicted octanol–water partition coefficient (Wildman–Crippen LogP) is 19.4. The summed E-state index contributed by atoms with van der Waals surface area (Å²) < 4.78 is 30.6. The molecule has 0 saturated carbocycles. The smallest absolute Gasteiger partial charge is 0.456 e. The van der Waals surface area contributed by atoms with Crippen LogP contribution in [0.1, 0.15) is 226 Å². The second-order valence-corrected chi connectivity index (χ2v) is 22.9. The Bertz CT molecular complexity index is 1860. The highest BCUT2D eigenvalue weighted by Gasteiger charge is 2.30. The summed E-state index contributed by atoms with van der Waals surface area (Å²) in [6, 6.07) is -0.895. The van der Waals surface area contributed by atoms with Crippen LogP contribution in [-0.4, -0.2) is 74.3 Å². The molecule has 0 saturated heterocycles. The van der Waals surface area contributed by atoms with E-state index < -0.39 is 20.0 Å². The van der Waals surface area contributed by atoms with Gasteiger partial charge in [-0.2, -0.15) is 0 Å². The molecule has 0 aliphatic heterocycles. The fourth-order valence-corrected chi connectivity index (χ4v) is 8.77. The third kappa shape index (κ3) is 58.4. The number of phosphoric acid groups is 1. The molecule has 0 fully saturated rings. The zero-order valence-corrected chi connectivity index (χ0v) is 51.9. The van der Waals surface area contributed by atoms with Gasteiger partial charge in [0.1, 0.15) is 19.3 Å². The number of amides is 1. The van der Waals surface area contributed by atoms with Gasteiger partial charge < -0.3 is 19.4 Å². The van der Waals surface area contributed by atoms with Crippen LogP contribution in [0.2, 0.25) is 0 Å². The molecule has 448 valence electrons. The number of nitrogens with one attached hydrogen (secondary N) is 1. The zero-order valence-electron chi connectivity index (χ0n) is 51.1. The first-order valence-electron chi connectivity index (χ1n) is 31.2. The predicted molar refractivity (Wildman–Crippen MR) is 341 cm³/mol. The van der Waals surface area contributed by atoms with Gasteiger partial charge in [0.15, 0.2) is 0 Å². The number of unbranched alkanes of at least 4 members (excludes halogenated alkanes) is 16. The number of likely N-dealkylation sites (N-methyl/N-ethyl adjacent to an activating group) is 1. The Morgan fingerprint density at radius 1 is 0.456 bits per heavy atom. The monoisotopic (exact) mass is 1120 g/mol. The lowest BCUT2D eigenvalue weighted by Gasteiger charge is -2.27. The lowest BCUT2D eigenvalue weighted by Crippen LogP contribution is -2.47. The number of nitrogens with zero attached hydrogens (tertiary/aromatic N) is 1. The maximum absolute atomic E-state index is 13.5. The van der Waals surface area contributed by atoms with E-state index in [1.54, 1.807) is 0 Å². The van der Waals surface area contributed by atoms with Crippen molar-refractivity contribution in [1.29, 1.82) is 0 Å². The Balaban J connectivity index is 5.29. The van der Waals surface area contributed by atoms with Crippen LogP contribution in [-0.2, 0) is 27.9 Å². The van der Waals surface area contributed by atoms with Gasteiger partial charge in [0.05, 0.1) is 33.8 Å². The van der Waals surface area contributed by atoms with E-state index in [2.05, 4.69) is 160 Å². The molecule has 0 aromatic carbocycles. The Labute approximate surface area is 485 Å². The van der Waals surface area contributed by atoms with E-state index in [4.69, 9.17) is 13.8 Å². The summed E-state index contributed by atoms with van der Waals surface area (Å²) in [7, 11) is 1.43. The molecule has 3 unspecified atom stereocenters. The van der Waals surface area contributed by atoms with Crippen LogP contribution in [0.3, 0.4) is 0 Å². The van der Waals surface area contributed by atoms with Crippen molar-refractivity contribution in [3.8, 4) is 0 Å². The van der Waals surface area contributed by atoms with Crippen molar-refractivity contribution in [2.24, 2.45) is 0 Å². The molecule has 1 amide bonds. The van der Waals surface area contributed by atoms with Gasteiger partial charge in [0, 0.05) is 12.8 Å². The third-order valence-electron chi connectivity index (χ3n) is 12.8. The zero-order chi connectivity index (χ0) is 57.9. The van der Waals surface area contributed by atoms with Crippen LogP contribution < -0.4 is 5.32 Å². The molecule has 3 atom stereocenters. The maximum atomic E-state index is 13.5. The van der Waals surface area contributed by atoms with Gasteiger partial charge in [-0.15, -0.1) is 0 Å². The van der Waals surface area contributed by atoms with Crippen LogP contribution >= 0.6 is 7.82 Å². The van der Waals surface area contributed by atoms with Crippen LogP contribution in [0.4, 0.5) is 0 Å². The first-order valence-corrected chi connectivity index (χ1v) is 32.7. The fraction of sp³-hybridized carbons (Fsp3) is 0.623. The number of hydrogen-bond acceptors (Lipinski definition) is 6. The Kier molecular flexibility index (Phi) is 54.2. The lowest BCUT2D eigenvalue weighted by molar-refractivity contribution is -0.870. The summed E-state index contributed by atoms with van der Waals surface area (Å²) >= 11 is 0. The molecular formula is C69H116N2O7P+. The van der Waals surface area contributed by atoms with Crippen LogP contribution in [0.25, 0.3) is 0 Å². The van der Waals surface area contributed by atoms with Gasteiger partial charge in [-0.25, -0.2) is 4.57 Å². The summed E-state index contributed by atoms with van der Waals surface area (Å²) in [6.07, 6.45) is 82.9. The summed E-state index contributed by atoms with van der Waals surface area (Å²) in [5, 5.41) is 3.01. The van der Waals surface area contributed by atoms with Crippen molar-refractivity contribution in [3.05, 3.63) is 146 Å². The molecule has 2 N–H and O–H groups in total. The van der Waals surface area contributed by atoms with E-state index in [1.165, 1.54) is 44.9 Å². The van der Waals surface area contributed by atoms with E-state index in [0.717, 1.165) is 135 Å². The molecule has 0 bridgehead atoms. The quantitative estimate of drug-likeness (QED) is 0.0205. The first kappa shape index (κ1) is 74.9. The van der Waals surface area contributed by atoms with Crippen molar-refractivity contribution in [2.75, 3.05) is 40.9 Å². The van der Waals surface area contributed by atoms with E-state index >= 15 is 0 Å². The number of quaternary nitrogens is 1. The average Bonchev–Trinajstić information content (AvgIpc) is 3.41. The maximum Gasteiger partial charge on any atom is 0.472 e. The molecule has 0 aliphatic rings. The Morgan fingerprint density at radius 2 is 0.823 bits per heavy atom. The van der Waals surface area contributed by atoms with E-state index in [-0.39, 0.29) is 37.9 Å². The number of esters is 1. The average molecular weight is 1120 g/mol. The molecule has 9 nitrogen and oxygen atoms in total. The van der Waals surface area contributed by atoms with Gasteiger partial charge >= 0.3 is 13.8 Å². The van der Waals surface area contributed by atoms with Crippen molar-refractivity contribution >= 4 is 19.7 Å². The van der Waals surface area contributed by atoms with Crippen molar-refractivity contribution < 1.29 is 37.3 Å². The highest BCUT2D eigenvalue weighted by molar-refractivity contribution is 7.47. The lowest BCUT2D eigenvalue weighted by atomic mass is 10.1. The minimum Gasteiger partial charge on any atom is -0.456 e. The van der Waals surface area contributed by atoms with Crippen molar-refractivity contribution in [2.45, 2.75) is 238 Å². The Morgan fingerprint density at radius 3 is 1.24 bits per heavy atom. The molecule has 0 spiro atoms. The third-order valence-corrected chi connectivity index (χ3v) is 13.8. The number of ether oxygens (including phenoxy) is 1. The standard InChI is InChI=1S/C69H115N2O7P/c1-7-10-13-16-19-22-25-27-29-31-32-33-34-35-36-37-38-40-42-44-47-50-53-56-59-62-69(73)78-67(60-57-54-51-48-45-24-21-18-15-12-9-3)66(65-77-79(74,75)76-64-63-71(4,5)6)70-68(72)61-58-55-52-49-46-43-41-39-30-28-26-23-20-17-14-11-8-2/h10-11,13-14,19-20,22-23,27-30,32-33,35-36,38,40-41,43,49,52,57,60,66-67H,7-9,12,15-18,21,24-26,31,34,37,39,42,44-48,50-51,53-56,58-59,61-65H2,1-6H3,(H-,70,72,74,75)/p+1/b13-10-,14-11-,22-19-,23-20-,29-27-,30-28-,33-32-,36-35-,40-38-,43-41-,52-49-,60-57-. The fourth-order valence-electron chi connectivity index (χ4n) is 8.04. The minimum atomic E-state index is -4.48. The minimum absolute atomic E-state index is 0.0185. The summed E-state index contributed by atoms with van der Waals surface area (Å²) in [4.78, 5) is 37.7. The van der Waals surface area contributed by atoms with Crippen LogP contribution in [0, 0.1) is 0 Å². The normalized spacial score (nSPS) is 14.7. The van der Waals surface area contributed by atoms with Gasteiger partial charge in [-0.1, -0.05) is 238 Å². The topological polar surface area (TPSA) is 111 Å². The molecule has 0 radical (unpaired) electrons.